The second-order valence-electron chi connectivity index (χ2n) is 2.42. The summed E-state index contributed by atoms with van der Waals surface area (Å²) in [6, 6.07) is 0. The van der Waals surface area contributed by atoms with Crippen molar-refractivity contribution in [2.75, 3.05) is 10.7 Å². The molecule has 0 bridgehead atoms. The van der Waals surface area contributed by atoms with E-state index < -0.39 is 24.4 Å². The molecule has 0 aromatic heterocycles. The van der Waals surface area contributed by atoms with Crippen molar-refractivity contribution >= 4 is 31.9 Å². The van der Waals surface area contributed by atoms with E-state index >= 15 is 0 Å². The monoisotopic (exact) mass is 306 g/mol. The Bertz CT molecular complexity index is 110. The van der Waals surface area contributed by atoms with Crippen molar-refractivity contribution in [1.29, 1.82) is 0 Å². The van der Waals surface area contributed by atoms with Crippen LogP contribution in [0.5, 0.6) is 0 Å². The lowest BCUT2D eigenvalue weighted by atomic mass is 10.1. The summed E-state index contributed by atoms with van der Waals surface area (Å²) in [5, 5.41) is 36.8. The van der Waals surface area contributed by atoms with E-state index in [0.717, 1.165) is 0 Å². The zero-order valence-electron chi connectivity index (χ0n) is 6.27. The van der Waals surface area contributed by atoms with Gasteiger partial charge in [-0.05, 0) is 0 Å². The van der Waals surface area contributed by atoms with Crippen molar-refractivity contribution < 1.29 is 20.4 Å². The molecule has 0 aliphatic carbocycles. The maximum atomic E-state index is 9.18. The molecule has 0 unspecified atom stereocenters. The Labute approximate surface area is 87.5 Å². The molecule has 0 amide bonds. The molecule has 4 nitrogen and oxygen atoms in total. The molecule has 4 N–H and O–H groups in total. The summed E-state index contributed by atoms with van der Waals surface area (Å²) < 4.78 is 0. The molecule has 6 heteroatoms. The number of alkyl halides is 2. The van der Waals surface area contributed by atoms with E-state index in [-0.39, 0.29) is 10.7 Å². The van der Waals surface area contributed by atoms with E-state index in [1.165, 1.54) is 0 Å². The van der Waals surface area contributed by atoms with Crippen LogP contribution in [0.4, 0.5) is 0 Å². The van der Waals surface area contributed by atoms with E-state index in [4.69, 9.17) is 10.2 Å². The summed E-state index contributed by atoms with van der Waals surface area (Å²) in [5.41, 5.74) is 0. The van der Waals surface area contributed by atoms with Gasteiger partial charge in [-0.25, -0.2) is 0 Å². The molecule has 0 fully saturated rings. The first-order chi connectivity index (χ1) is 5.54. The van der Waals surface area contributed by atoms with E-state index in [9.17, 15) is 10.2 Å². The van der Waals surface area contributed by atoms with Crippen molar-refractivity contribution in [3.8, 4) is 0 Å². The molecule has 0 saturated heterocycles. The fraction of sp³-hybridized carbons (Fsp3) is 1.00. The molecule has 0 saturated carbocycles. The van der Waals surface area contributed by atoms with Crippen LogP contribution in [0.3, 0.4) is 0 Å². The number of aliphatic hydroxyl groups excluding tert-OH is 4. The van der Waals surface area contributed by atoms with Crippen molar-refractivity contribution in [3.05, 3.63) is 0 Å². The predicted octanol–water partition coefficient (Wildman–Crippen LogP) is -0.780. The first-order valence-electron chi connectivity index (χ1n) is 3.38. The van der Waals surface area contributed by atoms with Crippen LogP contribution in [-0.4, -0.2) is 55.5 Å². The molecule has 0 heterocycles. The van der Waals surface area contributed by atoms with Crippen LogP contribution in [0.2, 0.25) is 0 Å². The minimum Gasteiger partial charge on any atom is -0.389 e. The average Bonchev–Trinajstić information content (AvgIpc) is 2.12. The number of hydrogen-bond donors (Lipinski definition) is 4. The van der Waals surface area contributed by atoms with Crippen LogP contribution in [0.15, 0.2) is 0 Å². The summed E-state index contributed by atoms with van der Waals surface area (Å²) in [6.07, 6.45) is -4.82. The number of halogens is 2. The van der Waals surface area contributed by atoms with E-state index in [1.54, 1.807) is 0 Å². The molecule has 4 atom stereocenters. The molecule has 0 aromatic rings. The van der Waals surface area contributed by atoms with Gasteiger partial charge >= 0.3 is 0 Å². The van der Waals surface area contributed by atoms with Gasteiger partial charge in [-0.3, -0.25) is 0 Å². The second-order valence-corrected chi connectivity index (χ2v) is 3.72. The Morgan fingerprint density at radius 3 is 1.17 bits per heavy atom. The van der Waals surface area contributed by atoms with E-state index in [0.29, 0.717) is 0 Å². The molecule has 0 aliphatic heterocycles. The van der Waals surface area contributed by atoms with Crippen LogP contribution in [0, 0.1) is 0 Å². The highest BCUT2D eigenvalue weighted by Crippen LogP contribution is 2.08. The second kappa shape index (κ2) is 6.28. The molecule has 74 valence electrons. The number of hydrogen-bond acceptors (Lipinski definition) is 4. The Kier molecular flexibility index (Phi) is 6.70. The van der Waals surface area contributed by atoms with Crippen molar-refractivity contribution in [3.63, 3.8) is 0 Å². The lowest BCUT2D eigenvalue weighted by Gasteiger charge is -2.24. The SMILES string of the molecule is O[C@@H]([C@H](O)[C@@H](O)CBr)[C@@H](O)CBr. The quantitative estimate of drug-likeness (QED) is 0.502. The summed E-state index contributed by atoms with van der Waals surface area (Å²) in [5.74, 6) is 0. The number of aliphatic hydroxyl groups is 4. The minimum absolute atomic E-state index is 0.153. The van der Waals surface area contributed by atoms with Crippen molar-refractivity contribution in [1.82, 2.24) is 0 Å². The Morgan fingerprint density at radius 1 is 0.750 bits per heavy atom. The largest absolute Gasteiger partial charge is 0.389 e. The summed E-state index contributed by atoms with van der Waals surface area (Å²) in [4.78, 5) is 0. The zero-order valence-corrected chi connectivity index (χ0v) is 9.44. The predicted molar refractivity (Wildman–Crippen MR) is 51.6 cm³/mol. The molecule has 12 heavy (non-hydrogen) atoms. The molecule has 0 spiro atoms. The fourth-order valence-corrected chi connectivity index (χ4v) is 1.40. The van der Waals surface area contributed by atoms with Crippen molar-refractivity contribution in [2.45, 2.75) is 24.4 Å². The Hall–Kier alpha value is 0.800. The highest BCUT2D eigenvalue weighted by atomic mass is 79.9. The third-order valence-corrected chi connectivity index (χ3v) is 2.78. The van der Waals surface area contributed by atoms with Crippen LogP contribution >= 0.6 is 31.9 Å². The topological polar surface area (TPSA) is 80.9 Å². The highest BCUT2D eigenvalue weighted by molar-refractivity contribution is 9.09. The summed E-state index contributed by atoms with van der Waals surface area (Å²) in [6.45, 7) is 0. The molecule has 0 radical (unpaired) electrons. The van der Waals surface area contributed by atoms with Crippen LogP contribution in [0.1, 0.15) is 0 Å². The van der Waals surface area contributed by atoms with Gasteiger partial charge in [0.2, 0.25) is 0 Å². The lowest BCUT2D eigenvalue weighted by Crippen LogP contribution is -2.45. The van der Waals surface area contributed by atoms with Gasteiger partial charge in [0.05, 0.1) is 12.2 Å². The van der Waals surface area contributed by atoms with Gasteiger partial charge in [-0.1, -0.05) is 31.9 Å². The highest BCUT2D eigenvalue weighted by Gasteiger charge is 2.28. The van der Waals surface area contributed by atoms with Gasteiger partial charge in [0.25, 0.3) is 0 Å². The maximum Gasteiger partial charge on any atom is 0.109 e. The first-order valence-corrected chi connectivity index (χ1v) is 5.63. The Balaban J connectivity index is 3.99. The smallest absolute Gasteiger partial charge is 0.109 e. The zero-order chi connectivity index (χ0) is 9.72. The normalized spacial score (nSPS) is 21.5. The van der Waals surface area contributed by atoms with Gasteiger partial charge < -0.3 is 20.4 Å². The molecular weight excluding hydrogens is 296 g/mol. The van der Waals surface area contributed by atoms with Crippen LogP contribution < -0.4 is 0 Å². The molecular formula is C6H12Br2O4. The first kappa shape index (κ1) is 12.8. The van der Waals surface area contributed by atoms with Crippen LogP contribution in [-0.2, 0) is 0 Å². The van der Waals surface area contributed by atoms with E-state index in [2.05, 4.69) is 31.9 Å². The molecule has 0 rings (SSSR count). The fourth-order valence-electron chi connectivity index (χ4n) is 0.638. The molecule has 0 aliphatic rings. The third-order valence-electron chi connectivity index (χ3n) is 1.45. The number of rotatable bonds is 5. The van der Waals surface area contributed by atoms with Gasteiger partial charge in [-0.15, -0.1) is 0 Å². The van der Waals surface area contributed by atoms with Gasteiger partial charge in [-0.2, -0.15) is 0 Å². The lowest BCUT2D eigenvalue weighted by molar-refractivity contribution is -0.0916. The van der Waals surface area contributed by atoms with Gasteiger partial charge in [0, 0.05) is 10.7 Å². The van der Waals surface area contributed by atoms with E-state index in [1.807, 2.05) is 0 Å². The molecule has 0 aromatic carbocycles. The van der Waals surface area contributed by atoms with Crippen LogP contribution in [0.25, 0.3) is 0 Å². The summed E-state index contributed by atoms with van der Waals surface area (Å²) in [7, 11) is 0. The Morgan fingerprint density at radius 2 is 1.00 bits per heavy atom. The van der Waals surface area contributed by atoms with Gasteiger partial charge in [0.1, 0.15) is 12.2 Å². The van der Waals surface area contributed by atoms with Gasteiger partial charge in [0.15, 0.2) is 0 Å². The maximum absolute atomic E-state index is 9.18. The standard InChI is InChI=1S/C6H12Br2O4/c7-1-3(9)5(11)6(12)4(10)2-8/h3-6,9-12H,1-2H2/t3-,4-,5+,6+/m0/s1. The third kappa shape index (κ3) is 3.68. The summed E-state index contributed by atoms with van der Waals surface area (Å²) >= 11 is 5.88. The minimum atomic E-state index is -1.34. The van der Waals surface area contributed by atoms with Crippen molar-refractivity contribution in [2.24, 2.45) is 0 Å². The average molecular weight is 308 g/mol.